The number of benzene rings is 1. The Balaban J connectivity index is 1.59. The normalized spacial score (nSPS) is 11.0. The van der Waals surface area contributed by atoms with E-state index < -0.39 is 11.7 Å². The summed E-state index contributed by atoms with van der Waals surface area (Å²) in [6, 6.07) is 11.4. The number of carbonyl (C=O) groups excluding carboxylic acids is 1. The van der Waals surface area contributed by atoms with E-state index in [1.54, 1.807) is 29.6 Å². The van der Waals surface area contributed by atoms with Crippen LogP contribution in [0.3, 0.4) is 0 Å². The lowest BCUT2D eigenvalue weighted by molar-refractivity contribution is -0.137. The van der Waals surface area contributed by atoms with Gasteiger partial charge >= 0.3 is 6.18 Å². The quantitative estimate of drug-likeness (QED) is 0.573. The first-order valence-electron chi connectivity index (χ1n) is 7.78. The third-order valence-electron chi connectivity index (χ3n) is 3.37. The SMILES string of the molecule is O=C(NC(=S)Nc1ccc(Oc2cc(C(F)(F)F)ccn2)cc1)c1cccs1. The third kappa shape index (κ3) is 5.27. The summed E-state index contributed by atoms with van der Waals surface area (Å²) in [4.78, 5) is 16.2. The van der Waals surface area contributed by atoms with Gasteiger partial charge in [-0.15, -0.1) is 11.3 Å². The van der Waals surface area contributed by atoms with Gasteiger partial charge in [0.2, 0.25) is 5.88 Å². The van der Waals surface area contributed by atoms with Crippen LogP contribution in [0.25, 0.3) is 0 Å². The Bertz CT molecular complexity index is 974. The van der Waals surface area contributed by atoms with Crippen molar-refractivity contribution in [3.8, 4) is 11.6 Å². The number of hydrogen-bond donors (Lipinski definition) is 2. The predicted molar refractivity (Wildman–Crippen MR) is 104 cm³/mol. The van der Waals surface area contributed by atoms with Crippen LogP contribution in [0.15, 0.2) is 60.1 Å². The maximum Gasteiger partial charge on any atom is 0.416 e. The lowest BCUT2D eigenvalue weighted by Gasteiger charge is -2.11. The second kappa shape index (κ2) is 8.36. The summed E-state index contributed by atoms with van der Waals surface area (Å²) in [7, 11) is 0. The standard InChI is InChI=1S/C18H12F3N3O2S2/c19-18(20,21)11-7-8-22-15(10-11)26-13-5-3-12(4-6-13)23-17(27)24-16(25)14-2-1-9-28-14/h1-10H,(H2,23,24,25,27). The second-order valence-electron chi connectivity index (χ2n) is 5.39. The van der Waals surface area contributed by atoms with Crippen LogP contribution in [0.1, 0.15) is 15.2 Å². The summed E-state index contributed by atoms with van der Waals surface area (Å²) in [5.41, 5.74) is -0.275. The molecule has 2 heterocycles. The van der Waals surface area contributed by atoms with Crippen molar-refractivity contribution in [2.24, 2.45) is 0 Å². The molecule has 0 aliphatic rings. The molecule has 0 unspecified atom stereocenters. The number of ether oxygens (including phenoxy) is 1. The molecular weight excluding hydrogens is 411 g/mol. The van der Waals surface area contributed by atoms with Gasteiger partial charge in [0, 0.05) is 18.0 Å². The van der Waals surface area contributed by atoms with Gasteiger partial charge in [-0.1, -0.05) is 6.07 Å². The van der Waals surface area contributed by atoms with Crippen LogP contribution in [0.4, 0.5) is 18.9 Å². The lowest BCUT2D eigenvalue weighted by Crippen LogP contribution is -2.33. The van der Waals surface area contributed by atoms with E-state index in [1.807, 2.05) is 0 Å². The fourth-order valence-electron chi connectivity index (χ4n) is 2.10. The highest BCUT2D eigenvalue weighted by atomic mass is 32.1. The summed E-state index contributed by atoms with van der Waals surface area (Å²) in [6.07, 6.45) is -3.44. The molecule has 144 valence electrons. The number of nitrogens with zero attached hydrogens (tertiary/aromatic N) is 1. The molecule has 0 radical (unpaired) electrons. The predicted octanol–water partition coefficient (Wildman–Crippen LogP) is 5.08. The van der Waals surface area contributed by atoms with Gasteiger partial charge in [-0.2, -0.15) is 13.2 Å². The number of aromatic nitrogens is 1. The topological polar surface area (TPSA) is 63.2 Å². The summed E-state index contributed by atoms with van der Waals surface area (Å²) >= 11 is 6.38. The van der Waals surface area contributed by atoms with Crippen LogP contribution in [-0.2, 0) is 6.18 Å². The number of alkyl halides is 3. The van der Waals surface area contributed by atoms with Crippen molar-refractivity contribution in [1.82, 2.24) is 10.3 Å². The molecule has 1 amide bonds. The van der Waals surface area contributed by atoms with E-state index in [0.717, 1.165) is 18.3 Å². The first-order valence-corrected chi connectivity index (χ1v) is 9.07. The van der Waals surface area contributed by atoms with Gasteiger partial charge in [0.15, 0.2) is 5.11 Å². The van der Waals surface area contributed by atoms with Crippen molar-refractivity contribution < 1.29 is 22.7 Å². The van der Waals surface area contributed by atoms with E-state index in [4.69, 9.17) is 17.0 Å². The average molecular weight is 423 g/mol. The lowest BCUT2D eigenvalue weighted by atomic mass is 10.2. The minimum Gasteiger partial charge on any atom is -0.439 e. The summed E-state index contributed by atoms with van der Waals surface area (Å²) in [5, 5.41) is 7.29. The average Bonchev–Trinajstić information content (AvgIpc) is 3.18. The van der Waals surface area contributed by atoms with Crippen molar-refractivity contribution >= 4 is 40.3 Å². The Kier molecular flexibility index (Phi) is 5.90. The molecule has 5 nitrogen and oxygen atoms in total. The first kappa shape index (κ1) is 19.8. The highest BCUT2D eigenvalue weighted by Gasteiger charge is 2.31. The van der Waals surface area contributed by atoms with Gasteiger partial charge in [0.05, 0.1) is 10.4 Å². The van der Waals surface area contributed by atoms with E-state index >= 15 is 0 Å². The molecular formula is C18H12F3N3O2S2. The molecule has 28 heavy (non-hydrogen) atoms. The number of thiophene rings is 1. The minimum absolute atomic E-state index is 0.117. The van der Waals surface area contributed by atoms with E-state index in [0.29, 0.717) is 16.3 Å². The number of carbonyl (C=O) groups is 1. The van der Waals surface area contributed by atoms with Crippen LogP contribution >= 0.6 is 23.6 Å². The van der Waals surface area contributed by atoms with Gasteiger partial charge in [0.1, 0.15) is 5.75 Å². The van der Waals surface area contributed by atoms with Gasteiger partial charge in [-0.05, 0) is 54.0 Å². The fourth-order valence-corrected chi connectivity index (χ4v) is 2.93. The number of hydrogen-bond acceptors (Lipinski definition) is 5. The van der Waals surface area contributed by atoms with E-state index in [1.165, 1.54) is 23.5 Å². The van der Waals surface area contributed by atoms with E-state index in [2.05, 4.69) is 15.6 Å². The zero-order valence-electron chi connectivity index (χ0n) is 14.0. The molecule has 1 aromatic carbocycles. The van der Waals surface area contributed by atoms with Crippen molar-refractivity contribution in [1.29, 1.82) is 0 Å². The number of pyridine rings is 1. The fraction of sp³-hybridized carbons (Fsp3) is 0.0556. The molecule has 0 atom stereocenters. The van der Waals surface area contributed by atoms with Crippen molar-refractivity contribution in [2.45, 2.75) is 6.18 Å². The van der Waals surface area contributed by atoms with Crippen LogP contribution in [0.5, 0.6) is 11.6 Å². The molecule has 10 heteroatoms. The molecule has 2 aromatic heterocycles. The van der Waals surface area contributed by atoms with Crippen molar-refractivity contribution in [2.75, 3.05) is 5.32 Å². The number of nitrogens with one attached hydrogen (secondary N) is 2. The number of thiocarbonyl (C=S) groups is 1. The smallest absolute Gasteiger partial charge is 0.416 e. The molecule has 0 fully saturated rings. The van der Waals surface area contributed by atoms with Crippen LogP contribution in [-0.4, -0.2) is 16.0 Å². The van der Waals surface area contributed by atoms with Crippen LogP contribution in [0.2, 0.25) is 0 Å². The number of halogens is 3. The summed E-state index contributed by atoms with van der Waals surface area (Å²) in [6.45, 7) is 0. The molecule has 0 aliphatic heterocycles. The zero-order valence-corrected chi connectivity index (χ0v) is 15.6. The minimum atomic E-state index is -4.47. The third-order valence-corrected chi connectivity index (χ3v) is 4.44. The highest BCUT2D eigenvalue weighted by molar-refractivity contribution is 7.80. The monoisotopic (exact) mass is 423 g/mol. The maximum absolute atomic E-state index is 12.7. The van der Waals surface area contributed by atoms with Crippen molar-refractivity contribution in [3.05, 3.63) is 70.5 Å². The van der Waals surface area contributed by atoms with Crippen LogP contribution < -0.4 is 15.4 Å². The summed E-state index contributed by atoms with van der Waals surface area (Å²) < 4.78 is 43.5. The van der Waals surface area contributed by atoms with Gasteiger partial charge in [0.25, 0.3) is 5.91 Å². The van der Waals surface area contributed by atoms with Gasteiger partial charge in [-0.25, -0.2) is 4.98 Å². The van der Waals surface area contributed by atoms with E-state index in [-0.39, 0.29) is 16.9 Å². The Hall–Kier alpha value is -2.98. The Morgan fingerprint density at radius 3 is 2.54 bits per heavy atom. The maximum atomic E-state index is 12.7. The molecule has 0 saturated carbocycles. The number of anilines is 1. The largest absolute Gasteiger partial charge is 0.439 e. The van der Waals surface area contributed by atoms with Crippen LogP contribution in [0, 0.1) is 0 Å². The number of rotatable bonds is 4. The number of amides is 1. The highest BCUT2D eigenvalue weighted by Crippen LogP contribution is 2.31. The summed E-state index contributed by atoms with van der Waals surface area (Å²) in [5.74, 6) is -0.191. The van der Waals surface area contributed by atoms with E-state index in [9.17, 15) is 18.0 Å². The van der Waals surface area contributed by atoms with Gasteiger partial charge in [-0.3, -0.25) is 10.1 Å². The molecule has 0 aliphatic carbocycles. The molecule has 2 N–H and O–H groups in total. The van der Waals surface area contributed by atoms with Gasteiger partial charge < -0.3 is 10.1 Å². The second-order valence-corrected chi connectivity index (χ2v) is 6.75. The Morgan fingerprint density at radius 2 is 1.89 bits per heavy atom. The Morgan fingerprint density at radius 1 is 1.14 bits per heavy atom. The van der Waals surface area contributed by atoms with Crippen molar-refractivity contribution in [3.63, 3.8) is 0 Å². The molecule has 0 bridgehead atoms. The molecule has 3 aromatic rings. The first-order chi connectivity index (χ1) is 13.3. The zero-order chi connectivity index (χ0) is 20.1. The Labute approximate surface area is 167 Å². The molecule has 0 saturated heterocycles. The molecule has 3 rings (SSSR count). The molecule has 0 spiro atoms.